The second-order valence-electron chi connectivity index (χ2n) is 4.49. The van der Waals surface area contributed by atoms with Crippen LogP contribution in [0.2, 0.25) is 0 Å². The molecule has 0 aliphatic carbocycles. The molecule has 1 aromatic heterocycles. The predicted molar refractivity (Wildman–Crippen MR) is 59.6 cm³/mol. The smallest absolute Gasteiger partial charge is 0.115 e. The van der Waals surface area contributed by atoms with Gasteiger partial charge in [0.2, 0.25) is 0 Å². The van der Waals surface area contributed by atoms with Gasteiger partial charge in [0.15, 0.2) is 0 Å². The van der Waals surface area contributed by atoms with Gasteiger partial charge in [-0.3, -0.25) is 0 Å². The fraction of sp³-hybridized carbons (Fsp3) is 0.667. The summed E-state index contributed by atoms with van der Waals surface area (Å²) in [6.07, 6.45) is 5.42. The number of aromatic nitrogens is 2. The van der Waals surface area contributed by atoms with Crippen LogP contribution in [0.4, 0.5) is 0 Å². The molecule has 4 heteroatoms. The van der Waals surface area contributed by atoms with Gasteiger partial charge >= 0.3 is 0 Å². The average molecular weight is 219 g/mol. The molecule has 0 radical (unpaired) electrons. The third-order valence-corrected chi connectivity index (χ3v) is 3.03. The predicted octanol–water partition coefficient (Wildman–Crippen LogP) is 2.46. The average Bonchev–Trinajstić information content (AvgIpc) is 2.77. The van der Waals surface area contributed by atoms with E-state index in [0.29, 0.717) is 6.04 Å². The summed E-state index contributed by atoms with van der Waals surface area (Å²) in [6.45, 7) is 4.96. The van der Waals surface area contributed by atoms with Crippen LogP contribution < -0.4 is 0 Å². The first kappa shape index (κ1) is 11.2. The van der Waals surface area contributed by atoms with E-state index in [1.54, 1.807) is 0 Å². The molecule has 1 aromatic rings. The van der Waals surface area contributed by atoms with E-state index in [4.69, 9.17) is 10.00 Å². The molecule has 4 nitrogen and oxygen atoms in total. The van der Waals surface area contributed by atoms with Crippen LogP contribution in [-0.2, 0) is 4.74 Å². The molecule has 16 heavy (non-hydrogen) atoms. The van der Waals surface area contributed by atoms with Crippen LogP contribution in [-0.4, -0.2) is 16.2 Å². The van der Waals surface area contributed by atoms with Gasteiger partial charge in [-0.05, 0) is 26.7 Å². The molecule has 0 N–H and O–H groups in total. The molecule has 0 saturated carbocycles. The third kappa shape index (κ3) is 1.96. The summed E-state index contributed by atoms with van der Waals surface area (Å²) < 4.78 is 7.82. The highest BCUT2D eigenvalue weighted by atomic mass is 16.5. The van der Waals surface area contributed by atoms with Gasteiger partial charge < -0.3 is 9.30 Å². The molecule has 2 unspecified atom stereocenters. The Morgan fingerprint density at radius 2 is 2.44 bits per heavy atom. The van der Waals surface area contributed by atoms with Crippen LogP contribution in [0.1, 0.15) is 44.5 Å². The van der Waals surface area contributed by atoms with Crippen molar-refractivity contribution in [2.24, 2.45) is 5.92 Å². The molecule has 2 heterocycles. The molecular formula is C12H17N3O. The van der Waals surface area contributed by atoms with E-state index < -0.39 is 0 Å². The van der Waals surface area contributed by atoms with Gasteiger partial charge in [-0.25, -0.2) is 4.98 Å². The van der Waals surface area contributed by atoms with Crippen LogP contribution in [0.3, 0.4) is 0 Å². The Morgan fingerprint density at radius 1 is 1.62 bits per heavy atom. The number of nitriles is 1. The van der Waals surface area contributed by atoms with Crippen molar-refractivity contribution >= 4 is 0 Å². The lowest BCUT2D eigenvalue weighted by atomic mass is 9.93. The van der Waals surface area contributed by atoms with Crippen LogP contribution in [0.15, 0.2) is 12.5 Å². The Morgan fingerprint density at radius 3 is 3.12 bits per heavy atom. The topological polar surface area (TPSA) is 50.8 Å². The van der Waals surface area contributed by atoms with E-state index in [1.807, 2.05) is 12.5 Å². The van der Waals surface area contributed by atoms with Crippen molar-refractivity contribution in [3.8, 4) is 6.07 Å². The summed E-state index contributed by atoms with van der Waals surface area (Å²) in [5.41, 5.74) is 1.03. The van der Waals surface area contributed by atoms with E-state index in [1.165, 1.54) is 0 Å². The van der Waals surface area contributed by atoms with Gasteiger partial charge in [-0.2, -0.15) is 5.26 Å². The highest BCUT2D eigenvalue weighted by Gasteiger charge is 2.30. The molecule has 86 valence electrons. The first-order valence-corrected chi connectivity index (χ1v) is 5.77. The van der Waals surface area contributed by atoms with Crippen LogP contribution in [0, 0.1) is 17.2 Å². The van der Waals surface area contributed by atoms with Crippen molar-refractivity contribution in [3.05, 3.63) is 18.2 Å². The second-order valence-corrected chi connectivity index (χ2v) is 4.49. The summed E-state index contributed by atoms with van der Waals surface area (Å²) >= 11 is 0. The normalized spacial score (nSPS) is 25.6. The van der Waals surface area contributed by atoms with E-state index >= 15 is 0 Å². The molecule has 1 aliphatic heterocycles. The standard InChI is InChI=1S/C12H17N3O/c1-9(2)15-8-14-7-11(15)12-10(6-13)4-3-5-16-12/h7-10,12H,3-5H2,1-2H3. The summed E-state index contributed by atoms with van der Waals surface area (Å²) in [7, 11) is 0. The number of hydrogen-bond acceptors (Lipinski definition) is 3. The zero-order valence-electron chi connectivity index (χ0n) is 9.76. The van der Waals surface area contributed by atoms with Crippen molar-refractivity contribution < 1.29 is 4.74 Å². The van der Waals surface area contributed by atoms with Gasteiger partial charge in [-0.1, -0.05) is 0 Å². The van der Waals surface area contributed by atoms with Gasteiger partial charge in [-0.15, -0.1) is 0 Å². The maximum atomic E-state index is 9.13. The molecule has 1 aliphatic rings. The van der Waals surface area contributed by atoms with Crippen LogP contribution in [0.25, 0.3) is 0 Å². The fourth-order valence-electron chi connectivity index (χ4n) is 2.17. The fourth-order valence-corrected chi connectivity index (χ4v) is 2.17. The van der Waals surface area contributed by atoms with Crippen molar-refractivity contribution in [1.29, 1.82) is 5.26 Å². The minimum absolute atomic E-state index is 0.0389. The van der Waals surface area contributed by atoms with Crippen molar-refractivity contribution in [3.63, 3.8) is 0 Å². The Kier molecular flexibility index (Phi) is 3.25. The van der Waals surface area contributed by atoms with Gasteiger partial charge in [0.05, 0.1) is 30.2 Å². The molecule has 0 spiro atoms. The molecule has 0 amide bonds. The second kappa shape index (κ2) is 4.67. The Hall–Kier alpha value is -1.34. The number of rotatable bonds is 2. The lowest BCUT2D eigenvalue weighted by molar-refractivity contribution is -0.0152. The zero-order chi connectivity index (χ0) is 11.5. The van der Waals surface area contributed by atoms with Gasteiger partial charge in [0.1, 0.15) is 6.10 Å². The van der Waals surface area contributed by atoms with E-state index in [0.717, 1.165) is 25.1 Å². The molecule has 0 bridgehead atoms. The third-order valence-electron chi connectivity index (χ3n) is 3.03. The summed E-state index contributed by atoms with van der Waals surface area (Å²) in [5.74, 6) is -0.0389. The summed E-state index contributed by atoms with van der Waals surface area (Å²) in [5, 5.41) is 9.13. The number of nitrogens with zero attached hydrogens (tertiary/aromatic N) is 3. The highest BCUT2D eigenvalue weighted by Crippen LogP contribution is 2.33. The van der Waals surface area contributed by atoms with Gasteiger partial charge in [0.25, 0.3) is 0 Å². The monoisotopic (exact) mass is 219 g/mol. The zero-order valence-corrected chi connectivity index (χ0v) is 9.76. The maximum Gasteiger partial charge on any atom is 0.115 e. The van der Waals surface area contributed by atoms with Gasteiger partial charge in [0, 0.05) is 12.6 Å². The molecule has 2 rings (SSSR count). The summed E-state index contributed by atoms with van der Waals surface area (Å²) in [6, 6.07) is 2.69. The van der Waals surface area contributed by atoms with Crippen molar-refractivity contribution in [1.82, 2.24) is 9.55 Å². The largest absolute Gasteiger partial charge is 0.371 e. The highest BCUT2D eigenvalue weighted by molar-refractivity contribution is 5.10. The minimum Gasteiger partial charge on any atom is -0.371 e. The van der Waals surface area contributed by atoms with Crippen molar-refractivity contribution in [2.45, 2.75) is 38.8 Å². The lowest BCUT2D eigenvalue weighted by Crippen LogP contribution is -2.24. The number of imidazole rings is 1. The maximum absolute atomic E-state index is 9.13. The van der Waals surface area contributed by atoms with Crippen LogP contribution >= 0.6 is 0 Å². The Bertz CT molecular complexity index is 391. The van der Waals surface area contributed by atoms with E-state index in [9.17, 15) is 0 Å². The molecule has 1 fully saturated rings. The Labute approximate surface area is 95.9 Å². The van der Waals surface area contributed by atoms with Crippen molar-refractivity contribution in [2.75, 3.05) is 6.61 Å². The summed E-state index contributed by atoms with van der Waals surface area (Å²) in [4.78, 5) is 4.16. The number of ether oxygens (including phenoxy) is 1. The molecule has 1 saturated heterocycles. The van der Waals surface area contributed by atoms with Crippen LogP contribution in [0.5, 0.6) is 0 Å². The minimum atomic E-state index is -0.108. The lowest BCUT2D eigenvalue weighted by Gasteiger charge is -2.28. The first-order valence-electron chi connectivity index (χ1n) is 5.77. The number of hydrogen-bond donors (Lipinski definition) is 0. The molecular weight excluding hydrogens is 202 g/mol. The molecule has 0 aromatic carbocycles. The SMILES string of the molecule is CC(C)n1cncc1C1OCCCC1C#N. The Balaban J connectivity index is 2.28. The van der Waals surface area contributed by atoms with E-state index in [2.05, 4.69) is 29.5 Å². The van der Waals surface area contributed by atoms with E-state index in [-0.39, 0.29) is 12.0 Å². The first-order chi connectivity index (χ1) is 7.74. The molecule has 2 atom stereocenters. The quantitative estimate of drug-likeness (QED) is 0.767.